The third kappa shape index (κ3) is 4.29. The average Bonchev–Trinajstić information content (AvgIpc) is 2.80. The predicted octanol–water partition coefficient (Wildman–Crippen LogP) is 3.27. The van der Waals surface area contributed by atoms with Crippen LogP contribution in [0.15, 0.2) is 23.2 Å². The number of carbonyl (C=O) groups is 2. The fourth-order valence-electron chi connectivity index (χ4n) is 2.04. The second-order valence-electron chi connectivity index (χ2n) is 6.37. The number of rotatable bonds is 4. The predicted molar refractivity (Wildman–Crippen MR) is 91.0 cm³/mol. The van der Waals surface area contributed by atoms with Crippen LogP contribution in [0.25, 0.3) is 10.2 Å². The number of hydrogen-bond donors (Lipinski definition) is 0. The molecule has 0 spiro atoms. The second-order valence-corrected chi connectivity index (χ2v) is 7.38. The zero-order chi connectivity index (χ0) is 17.9. The SMILES string of the molecule is CCOC(=O)CCn1c(=NC(=O)C(C)(C)C)sc2cc(F)ccc21. The lowest BCUT2D eigenvalue weighted by molar-refractivity contribution is -0.143. The molecule has 0 N–H and O–H groups in total. The van der Waals surface area contributed by atoms with E-state index in [1.165, 1.54) is 23.5 Å². The molecule has 2 aromatic rings. The Kier molecular flexibility index (Phi) is 5.54. The Balaban J connectivity index is 2.49. The van der Waals surface area contributed by atoms with Crippen molar-refractivity contribution in [1.82, 2.24) is 4.57 Å². The highest BCUT2D eigenvalue weighted by atomic mass is 32.1. The maximum atomic E-state index is 13.5. The van der Waals surface area contributed by atoms with Crippen LogP contribution in [0.4, 0.5) is 4.39 Å². The first-order valence-electron chi connectivity index (χ1n) is 7.76. The lowest BCUT2D eigenvalue weighted by Gasteiger charge is -2.12. The molecule has 1 heterocycles. The number of carbonyl (C=O) groups excluding carboxylic acids is 2. The molecule has 0 bridgehead atoms. The highest BCUT2D eigenvalue weighted by Gasteiger charge is 2.21. The number of aryl methyl sites for hydroxylation is 1. The molecule has 0 fully saturated rings. The first kappa shape index (κ1) is 18.3. The average molecular weight is 352 g/mol. The van der Waals surface area contributed by atoms with E-state index in [2.05, 4.69) is 4.99 Å². The van der Waals surface area contributed by atoms with Gasteiger partial charge in [0.05, 0.1) is 23.2 Å². The summed E-state index contributed by atoms with van der Waals surface area (Å²) in [4.78, 5) is 28.5. The number of benzene rings is 1. The number of nitrogens with zero attached hydrogens (tertiary/aromatic N) is 2. The minimum atomic E-state index is -0.611. The zero-order valence-electron chi connectivity index (χ0n) is 14.3. The molecule has 2 rings (SSSR count). The molecule has 0 radical (unpaired) electrons. The van der Waals surface area contributed by atoms with Gasteiger partial charge in [-0.25, -0.2) is 4.39 Å². The van der Waals surface area contributed by atoms with Crippen molar-refractivity contribution in [1.29, 1.82) is 0 Å². The van der Waals surface area contributed by atoms with Crippen LogP contribution in [0.5, 0.6) is 0 Å². The summed E-state index contributed by atoms with van der Waals surface area (Å²) in [5.41, 5.74) is 0.131. The molecular weight excluding hydrogens is 331 g/mol. The summed E-state index contributed by atoms with van der Waals surface area (Å²) in [6.07, 6.45) is 0.161. The molecule has 0 aliphatic carbocycles. The summed E-state index contributed by atoms with van der Waals surface area (Å²) in [7, 11) is 0. The van der Waals surface area contributed by atoms with E-state index < -0.39 is 5.41 Å². The van der Waals surface area contributed by atoms with E-state index >= 15 is 0 Å². The van der Waals surface area contributed by atoms with Crippen molar-refractivity contribution >= 4 is 33.4 Å². The van der Waals surface area contributed by atoms with Crippen LogP contribution in [0.2, 0.25) is 0 Å². The zero-order valence-corrected chi connectivity index (χ0v) is 15.1. The number of hydrogen-bond acceptors (Lipinski definition) is 4. The van der Waals surface area contributed by atoms with E-state index in [4.69, 9.17) is 4.74 Å². The Hall–Kier alpha value is -2.02. The van der Waals surface area contributed by atoms with Crippen molar-refractivity contribution in [3.63, 3.8) is 0 Å². The van der Waals surface area contributed by atoms with Gasteiger partial charge in [0.25, 0.3) is 5.91 Å². The largest absolute Gasteiger partial charge is 0.466 e. The lowest BCUT2D eigenvalue weighted by atomic mass is 9.96. The molecule has 130 valence electrons. The van der Waals surface area contributed by atoms with E-state index in [1.807, 2.05) is 0 Å². The maximum Gasteiger partial charge on any atom is 0.307 e. The molecule has 1 aromatic carbocycles. The van der Waals surface area contributed by atoms with E-state index in [0.29, 0.717) is 22.7 Å². The van der Waals surface area contributed by atoms with Crippen LogP contribution in [0, 0.1) is 11.2 Å². The third-order valence-electron chi connectivity index (χ3n) is 3.33. The molecule has 0 saturated heterocycles. The smallest absolute Gasteiger partial charge is 0.307 e. The van der Waals surface area contributed by atoms with E-state index in [1.54, 1.807) is 38.3 Å². The fraction of sp³-hybridized carbons (Fsp3) is 0.471. The van der Waals surface area contributed by atoms with Gasteiger partial charge < -0.3 is 9.30 Å². The van der Waals surface area contributed by atoms with Gasteiger partial charge in [-0.1, -0.05) is 32.1 Å². The van der Waals surface area contributed by atoms with Crippen molar-refractivity contribution in [2.24, 2.45) is 10.4 Å². The van der Waals surface area contributed by atoms with Crippen molar-refractivity contribution in [3.05, 3.63) is 28.8 Å². The summed E-state index contributed by atoms with van der Waals surface area (Å²) < 4.78 is 20.9. The lowest BCUT2D eigenvalue weighted by Crippen LogP contribution is -2.24. The van der Waals surface area contributed by atoms with Crippen LogP contribution >= 0.6 is 11.3 Å². The van der Waals surface area contributed by atoms with Gasteiger partial charge in [-0.15, -0.1) is 0 Å². The Labute approximate surface area is 143 Å². The van der Waals surface area contributed by atoms with Gasteiger partial charge in [-0.3, -0.25) is 9.59 Å². The van der Waals surface area contributed by atoms with Crippen LogP contribution in [-0.2, 0) is 20.9 Å². The molecule has 0 saturated carbocycles. The van der Waals surface area contributed by atoms with Crippen molar-refractivity contribution in [3.8, 4) is 0 Å². The van der Waals surface area contributed by atoms with E-state index in [0.717, 1.165) is 5.52 Å². The van der Waals surface area contributed by atoms with Gasteiger partial charge in [0, 0.05) is 12.0 Å². The third-order valence-corrected chi connectivity index (χ3v) is 4.37. The molecule has 0 atom stereocenters. The van der Waals surface area contributed by atoms with Crippen LogP contribution in [0.1, 0.15) is 34.1 Å². The molecule has 24 heavy (non-hydrogen) atoms. The summed E-state index contributed by atoms with van der Waals surface area (Å²) in [6.45, 7) is 7.74. The van der Waals surface area contributed by atoms with Crippen molar-refractivity contribution in [2.45, 2.75) is 40.7 Å². The number of esters is 1. The number of thiazole rings is 1. The van der Waals surface area contributed by atoms with Gasteiger partial charge >= 0.3 is 5.97 Å². The van der Waals surface area contributed by atoms with Crippen molar-refractivity contribution < 1.29 is 18.7 Å². The molecule has 5 nitrogen and oxygen atoms in total. The molecule has 0 aliphatic heterocycles. The normalized spacial score (nSPS) is 12.6. The van der Waals surface area contributed by atoms with Crippen LogP contribution in [0.3, 0.4) is 0 Å². The summed E-state index contributed by atoms with van der Waals surface area (Å²) in [5.74, 6) is -0.936. The maximum absolute atomic E-state index is 13.5. The molecule has 7 heteroatoms. The summed E-state index contributed by atoms with van der Waals surface area (Å²) in [5, 5.41) is 0. The van der Waals surface area contributed by atoms with Gasteiger partial charge in [-0.05, 0) is 25.1 Å². The Morgan fingerprint density at radius 2 is 2.04 bits per heavy atom. The minimum absolute atomic E-state index is 0.161. The minimum Gasteiger partial charge on any atom is -0.466 e. The Morgan fingerprint density at radius 1 is 1.33 bits per heavy atom. The number of aromatic nitrogens is 1. The number of halogens is 1. The number of ether oxygens (including phenoxy) is 1. The van der Waals surface area contributed by atoms with Crippen molar-refractivity contribution in [2.75, 3.05) is 6.61 Å². The van der Waals surface area contributed by atoms with Gasteiger partial charge in [-0.2, -0.15) is 4.99 Å². The highest BCUT2D eigenvalue weighted by Crippen LogP contribution is 2.20. The quantitative estimate of drug-likeness (QED) is 0.794. The van der Waals surface area contributed by atoms with Gasteiger partial charge in [0.2, 0.25) is 0 Å². The van der Waals surface area contributed by atoms with Crippen LogP contribution < -0.4 is 4.80 Å². The Morgan fingerprint density at radius 3 is 2.67 bits per heavy atom. The highest BCUT2D eigenvalue weighted by molar-refractivity contribution is 7.16. The standard InChI is InChI=1S/C17H21FN2O3S/c1-5-23-14(21)8-9-20-12-7-6-11(18)10-13(12)24-16(20)19-15(22)17(2,3)4/h6-7,10H,5,8-9H2,1-4H3. The fourth-order valence-corrected chi connectivity index (χ4v) is 3.12. The molecule has 0 aliphatic rings. The first-order valence-corrected chi connectivity index (χ1v) is 8.57. The summed E-state index contributed by atoms with van der Waals surface area (Å²) in [6, 6.07) is 4.39. The van der Waals surface area contributed by atoms with Gasteiger partial charge in [0.15, 0.2) is 4.80 Å². The Bertz CT molecular complexity index is 830. The molecular formula is C17H21FN2O3S. The molecule has 1 aromatic heterocycles. The number of fused-ring (bicyclic) bond motifs is 1. The topological polar surface area (TPSA) is 60.7 Å². The van der Waals surface area contributed by atoms with E-state index in [9.17, 15) is 14.0 Å². The molecule has 0 unspecified atom stereocenters. The monoisotopic (exact) mass is 352 g/mol. The van der Waals surface area contributed by atoms with Crippen LogP contribution in [-0.4, -0.2) is 23.1 Å². The van der Waals surface area contributed by atoms with E-state index in [-0.39, 0.29) is 24.1 Å². The number of amides is 1. The molecule has 1 amide bonds. The second kappa shape index (κ2) is 7.25. The van der Waals surface area contributed by atoms with Gasteiger partial charge in [0.1, 0.15) is 5.82 Å². The summed E-state index contributed by atoms with van der Waals surface area (Å²) >= 11 is 1.23. The first-order chi connectivity index (χ1) is 11.2.